The van der Waals surface area contributed by atoms with E-state index < -0.39 is 6.10 Å². The second-order valence-electron chi connectivity index (χ2n) is 18.3. The van der Waals surface area contributed by atoms with Crippen LogP contribution in [0.3, 0.4) is 0 Å². The molecule has 0 rings (SSSR count). The molecular weight excluding hydrogens is 721 g/mol. The van der Waals surface area contributed by atoms with Crippen molar-refractivity contribution in [2.24, 2.45) is 5.92 Å². The minimum Gasteiger partial charge on any atom is -0.462 e. The minimum absolute atomic E-state index is 0.0636. The third-order valence-corrected chi connectivity index (χ3v) is 11.8. The molecule has 0 radical (unpaired) electrons. The Labute approximate surface area is 361 Å². The Hall–Kier alpha value is -1.59. The highest BCUT2D eigenvalue weighted by molar-refractivity contribution is 5.71. The monoisotopic (exact) mass is 821 g/mol. The maximum Gasteiger partial charge on any atom is 0.306 e. The van der Waals surface area contributed by atoms with Gasteiger partial charge in [-0.2, -0.15) is 0 Å². The highest BCUT2D eigenvalue weighted by atomic mass is 16.6. The van der Waals surface area contributed by atoms with Gasteiger partial charge >= 0.3 is 17.9 Å². The van der Waals surface area contributed by atoms with E-state index in [1.165, 1.54) is 186 Å². The highest BCUT2D eigenvalue weighted by Gasteiger charge is 2.19. The number of hydrogen-bond donors (Lipinski definition) is 0. The summed E-state index contributed by atoms with van der Waals surface area (Å²) in [4.78, 5) is 37.8. The standard InChI is InChI=1S/C52H100O6/c1-5-7-9-11-13-15-17-19-20-21-22-23-25-26-28-30-35-39-43-50(53)56-46-49(47-57-51(54)44-40-36-33-32-34-38-42-48(3)4)58-52(55)45-41-37-31-29-27-24-18-16-14-12-10-8-6-2/h48-49H,5-47H2,1-4H3/t49-/m0/s1. The lowest BCUT2D eigenvalue weighted by Gasteiger charge is -2.18. The molecule has 0 bridgehead atoms. The van der Waals surface area contributed by atoms with Gasteiger partial charge in [-0.25, -0.2) is 0 Å². The number of esters is 3. The van der Waals surface area contributed by atoms with Gasteiger partial charge in [0.15, 0.2) is 6.10 Å². The average molecular weight is 821 g/mol. The molecule has 0 aromatic heterocycles. The van der Waals surface area contributed by atoms with Crippen LogP contribution in [0.5, 0.6) is 0 Å². The van der Waals surface area contributed by atoms with Crippen molar-refractivity contribution >= 4 is 17.9 Å². The molecule has 0 saturated heterocycles. The number of unbranched alkanes of at least 4 members (excludes halogenated alkanes) is 34. The molecular formula is C52H100O6. The van der Waals surface area contributed by atoms with E-state index in [1.54, 1.807) is 0 Å². The molecule has 0 aliphatic carbocycles. The molecule has 58 heavy (non-hydrogen) atoms. The molecule has 0 amide bonds. The van der Waals surface area contributed by atoms with Crippen molar-refractivity contribution in [3.05, 3.63) is 0 Å². The Balaban J connectivity index is 4.23. The van der Waals surface area contributed by atoms with Crippen LogP contribution in [0.1, 0.15) is 291 Å². The van der Waals surface area contributed by atoms with Crippen molar-refractivity contribution in [3.63, 3.8) is 0 Å². The fourth-order valence-electron chi connectivity index (χ4n) is 7.86. The van der Waals surface area contributed by atoms with Crippen LogP contribution in [0.25, 0.3) is 0 Å². The Morgan fingerprint density at radius 3 is 0.845 bits per heavy atom. The SMILES string of the molecule is CCCCCCCCCCCCCCCCCCCCC(=O)OC[C@@H](COC(=O)CCCCCCCCC(C)C)OC(=O)CCCCCCCCCCCCCCC. The maximum atomic E-state index is 12.8. The van der Waals surface area contributed by atoms with E-state index in [-0.39, 0.29) is 31.1 Å². The van der Waals surface area contributed by atoms with Gasteiger partial charge in [-0.1, -0.05) is 252 Å². The molecule has 0 saturated carbocycles. The van der Waals surface area contributed by atoms with Crippen LogP contribution in [0.4, 0.5) is 0 Å². The van der Waals surface area contributed by atoms with E-state index in [0.717, 1.165) is 63.7 Å². The topological polar surface area (TPSA) is 78.9 Å². The largest absolute Gasteiger partial charge is 0.462 e. The zero-order valence-electron chi connectivity index (χ0n) is 39.5. The Morgan fingerprint density at radius 2 is 0.569 bits per heavy atom. The summed E-state index contributed by atoms with van der Waals surface area (Å²) in [5.74, 6) is -0.0867. The summed E-state index contributed by atoms with van der Waals surface area (Å²) < 4.78 is 16.8. The van der Waals surface area contributed by atoms with Crippen molar-refractivity contribution in [1.29, 1.82) is 0 Å². The molecule has 0 aromatic rings. The van der Waals surface area contributed by atoms with E-state index in [2.05, 4.69) is 27.7 Å². The summed E-state index contributed by atoms with van der Waals surface area (Å²) in [6, 6.07) is 0. The molecule has 6 heteroatoms. The Bertz CT molecular complexity index is 872. The van der Waals surface area contributed by atoms with Crippen molar-refractivity contribution in [3.8, 4) is 0 Å². The van der Waals surface area contributed by atoms with Crippen molar-refractivity contribution < 1.29 is 28.6 Å². The molecule has 0 unspecified atom stereocenters. The van der Waals surface area contributed by atoms with Gasteiger partial charge in [0.25, 0.3) is 0 Å². The second kappa shape index (κ2) is 46.5. The molecule has 344 valence electrons. The van der Waals surface area contributed by atoms with Gasteiger partial charge in [-0.05, 0) is 25.2 Å². The van der Waals surface area contributed by atoms with E-state index in [1.807, 2.05) is 0 Å². The van der Waals surface area contributed by atoms with E-state index in [0.29, 0.717) is 19.3 Å². The van der Waals surface area contributed by atoms with Gasteiger partial charge in [0.1, 0.15) is 13.2 Å². The van der Waals surface area contributed by atoms with Gasteiger partial charge in [0.05, 0.1) is 0 Å². The lowest BCUT2D eigenvalue weighted by atomic mass is 10.0. The van der Waals surface area contributed by atoms with Crippen LogP contribution in [0, 0.1) is 5.92 Å². The van der Waals surface area contributed by atoms with Crippen molar-refractivity contribution in [2.75, 3.05) is 13.2 Å². The first-order valence-electron chi connectivity index (χ1n) is 25.9. The van der Waals surface area contributed by atoms with Gasteiger partial charge in [0.2, 0.25) is 0 Å². The molecule has 6 nitrogen and oxygen atoms in total. The van der Waals surface area contributed by atoms with Crippen LogP contribution < -0.4 is 0 Å². The molecule has 0 heterocycles. The van der Waals surface area contributed by atoms with Crippen molar-refractivity contribution in [2.45, 2.75) is 297 Å². The number of rotatable bonds is 47. The van der Waals surface area contributed by atoms with Crippen LogP contribution in [-0.2, 0) is 28.6 Å². The normalized spacial score (nSPS) is 11.9. The predicted octanol–water partition coefficient (Wildman–Crippen LogP) is 16.7. The van der Waals surface area contributed by atoms with E-state index in [4.69, 9.17) is 14.2 Å². The van der Waals surface area contributed by atoms with Crippen LogP contribution >= 0.6 is 0 Å². The van der Waals surface area contributed by atoms with Gasteiger partial charge in [-0.15, -0.1) is 0 Å². The fraction of sp³-hybridized carbons (Fsp3) is 0.942. The van der Waals surface area contributed by atoms with Crippen molar-refractivity contribution in [1.82, 2.24) is 0 Å². The first kappa shape index (κ1) is 56.4. The zero-order valence-corrected chi connectivity index (χ0v) is 39.5. The number of hydrogen-bond acceptors (Lipinski definition) is 6. The van der Waals surface area contributed by atoms with Crippen LogP contribution in [0.15, 0.2) is 0 Å². The summed E-state index contributed by atoms with van der Waals surface area (Å²) in [6.45, 7) is 8.96. The van der Waals surface area contributed by atoms with E-state index in [9.17, 15) is 14.4 Å². The third kappa shape index (κ3) is 45.5. The van der Waals surface area contributed by atoms with Gasteiger partial charge in [0, 0.05) is 19.3 Å². The molecule has 0 spiro atoms. The van der Waals surface area contributed by atoms with Crippen LogP contribution in [-0.4, -0.2) is 37.2 Å². The number of carbonyl (C=O) groups is 3. The number of carbonyl (C=O) groups excluding carboxylic acids is 3. The summed E-state index contributed by atoms with van der Waals surface area (Å²) in [7, 11) is 0. The Morgan fingerprint density at radius 1 is 0.328 bits per heavy atom. The molecule has 0 N–H and O–H groups in total. The summed E-state index contributed by atoms with van der Waals surface area (Å²) >= 11 is 0. The van der Waals surface area contributed by atoms with Gasteiger partial charge < -0.3 is 14.2 Å². The lowest BCUT2D eigenvalue weighted by Crippen LogP contribution is -2.30. The van der Waals surface area contributed by atoms with Crippen LogP contribution in [0.2, 0.25) is 0 Å². The summed E-state index contributed by atoms with van der Waals surface area (Å²) in [5, 5.41) is 0. The third-order valence-electron chi connectivity index (χ3n) is 11.8. The summed E-state index contributed by atoms with van der Waals surface area (Å²) in [6.07, 6.45) is 48.2. The lowest BCUT2D eigenvalue weighted by molar-refractivity contribution is -0.167. The summed E-state index contributed by atoms with van der Waals surface area (Å²) in [5.41, 5.74) is 0. The highest BCUT2D eigenvalue weighted by Crippen LogP contribution is 2.17. The maximum absolute atomic E-state index is 12.8. The molecule has 1 atom stereocenters. The first-order valence-corrected chi connectivity index (χ1v) is 25.9. The molecule has 0 aromatic carbocycles. The quantitative estimate of drug-likeness (QED) is 0.0346. The average Bonchev–Trinajstić information content (AvgIpc) is 3.21. The number of ether oxygens (including phenoxy) is 3. The fourth-order valence-corrected chi connectivity index (χ4v) is 7.86. The molecule has 0 fully saturated rings. The van der Waals surface area contributed by atoms with E-state index >= 15 is 0 Å². The van der Waals surface area contributed by atoms with Gasteiger partial charge in [-0.3, -0.25) is 14.4 Å². The second-order valence-corrected chi connectivity index (χ2v) is 18.3. The first-order chi connectivity index (χ1) is 28.4. The predicted molar refractivity (Wildman–Crippen MR) is 247 cm³/mol. The smallest absolute Gasteiger partial charge is 0.306 e. The minimum atomic E-state index is -0.761. The Kier molecular flexibility index (Phi) is 45.2. The zero-order chi connectivity index (χ0) is 42.4. The molecule has 0 aliphatic heterocycles. The molecule has 0 aliphatic rings.